The van der Waals surface area contributed by atoms with Crippen molar-refractivity contribution in [1.29, 1.82) is 0 Å². The van der Waals surface area contributed by atoms with Gasteiger partial charge in [-0.1, -0.05) is 6.92 Å². The topological polar surface area (TPSA) is 59.0 Å². The van der Waals surface area contributed by atoms with Gasteiger partial charge in [0, 0.05) is 23.2 Å². The molecular weight excluding hydrogens is 496 g/mol. The number of ketones is 1. The van der Waals surface area contributed by atoms with Gasteiger partial charge in [-0.3, -0.25) is 4.79 Å². The summed E-state index contributed by atoms with van der Waals surface area (Å²) >= 11 is 1.05. The fourth-order valence-electron chi connectivity index (χ4n) is 4.54. The Morgan fingerprint density at radius 3 is 2.62 bits per heavy atom. The molecule has 1 N–H and O–H groups in total. The first-order chi connectivity index (χ1) is 17.9. The quantitative estimate of drug-likeness (QED) is 0.189. The van der Waals surface area contributed by atoms with Crippen LogP contribution in [0.2, 0.25) is 0 Å². The minimum Gasteiger partial charge on any atom is -0.508 e. The third kappa shape index (κ3) is 5.76. The summed E-state index contributed by atoms with van der Waals surface area (Å²) in [6.45, 7) is 6.22. The molecule has 0 bridgehead atoms. The maximum Gasteiger partial charge on any atom is 0.209 e. The first-order valence-corrected chi connectivity index (χ1v) is 13.1. The molecule has 1 atom stereocenters. The Hall–Kier alpha value is -3.49. The first-order valence-electron chi connectivity index (χ1n) is 12.3. The predicted molar refractivity (Wildman–Crippen MR) is 140 cm³/mol. The Morgan fingerprint density at radius 2 is 1.86 bits per heavy atom. The summed E-state index contributed by atoms with van der Waals surface area (Å²) in [6.07, 6.45) is 2.20. The Balaban J connectivity index is 1.32. The van der Waals surface area contributed by atoms with Gasteiger partial charge in [-0.15, -0.1) is 11.3 Å². The van der Waals surface area contributed by atoms with Crippen LogP contribution >= 0.6 is 11.3 Å². The molecule has 1 saturated heterocycles. The third-order valence-corrected chi connectivity index (χ3v) is 7.58. The largest absolute Gasteiger partial charge is 0.508 e. The van der Waals surface area contributed by atoms with Gasteiger partial charge < -0.3 is 19.5 Å². The lowest BCUT2D eigenvalue weighted by Crippen LogP contribution is -2.22. The molecule has 5 nitrogen and oxygen atoms in total. The normalized spacial score (nSPS) is 15.8. The second kappa shape index (κ2) is 10.9. The summed E-state index contributed by atoms with van der Waals surface area (Å²) < 4.78 is 40.7. The number of halogens is 2. The van der Waals surface area contributed by atoms with Gasteiger partial charge in [-0.25, -0.2) is 8.78 Å². The number of likely N-dealkylation sites (tertiary alicyclic amines) is 1. The zero-order valence-electron chi connectivity index (χ0n) is 20.4. The third-order valence-electron chi connectivity index (χ3n) is 6.45. The monoisotopic (exact) mass is 523 g/mol. The van der Waals surface area contributed by atoms with Crippen LogP contribution in [-0.2, 0) is 0 Å². The van der Waals surface area contributed by atoms with Crippen molar-refractivity contribution in [2.75, 3.05) is 26.2 Å². The Labute approximate surface area is 217 Å². The molecule has 5 rings (SSSR count). The van der Waals surface area contributed by atoms with E-state index in [2.05, 4.69) is 11.8 Å². The van der Waals surface area contributed by atoms with Crippen molar-refractivity contribution in [2.45, 2.75) is 19.8 Å². The van der Waals surface area contributed by atoms with E-state index in [0.29, 0.717) is 28.2 Å². The highest BCUT2D eigenvalue weighted by molar-refractivity contribution is 7.21. The van der Waals surface area contributed by atoms with Gasteiger partial charge in [-0.05, 0) is 86.0 Å². The number of ether oxygens (including phenoxy) is 2. The molecule has 2 heterocycles. The van der Waals surface area contributed by atoms with Crippen molar-refractivity contribution in [2.24, 2.45) is 5.92 Å². The lowest BCUT2D eigenvalue weighted by molar-refractivity contribution is 0.103. The number of rotatable bonds is 9. The molecule has 37 heavy (non-hydrogen) atoms. The van der Waals surface area contributed by atoms with Crippen LogP contribution in [0.4, 0.5) is 8.78 Å². The molecule has 0 saturated carbocycles. The summed E-state index contributed by atoms with van der Waals surface area (Å²) in [5, 5.41) is 10.5. The number of thiophene rings is 1. The number of nitrogens with zero attached hydrogens (tertiary/aromatic N) is 1. The van der Waals surface area contributed by atoms with Crippen LogP contribution in [0, 0.1) is 17.6 Å². The molecule has 1 aliphatic rings. The number of hydrogen-bond acceptors (Lipinski definition) is 6. The molecular formula is C29H27F2NO4S. The summed E-state index contributed by atoms with van der Waals surface area (Å²) in [6, 6.07) is 14.4. The van der Waals surface area contributed by atoms with Crippen molar-refractivity contribution < 1.29 is 28.2 Å². The number of fused-ring (bicyclic) bond motifs is 1. The van der Waals surface area contributed by atoms with Gasteiger partial charge in [-0.2, -0.15) is 0 Å². The molecule has 8 heteroatoms. The van der Waals surface area contributed by atoms with Gasteiger partial charge in [0.1, 0.15) is 33.8 Å². The van der Waals surface area contributed by atoms with Crippen molar-refractivity contribution in [3.8, 4) is 23.0 Å². The number of carbonyl (C=O) groups is 1. The van der Waals surface area contributed by atoms with E-state index in [4.69, 9.17) is 9.47 Å². The van der Waals surface area contributed by atoms with Gasteiger partial charge >= 0.3 is 0 Å². The van der Waals surface area contributed by atoms with Crippen LogP contribution in [0.5, 0.6) is 23.0 Å². The lowest BCUT2D eigenvalue weighted by atomic mass is 10.1. The number of aromatic hydroxyl groups is 1. The molecule has 0 amide bonds. The fraction of sp³-hybridized carbons (Fsp3) is 0.276. The van der Waals surface area contributed by atoms with E-state index in [-0.39, 0.29) is 21.9 Å². The second-order valence-corrected chi connectivity index (χ2v) is 10.4. The van der Waals surface area contributed by atoms with Crippen LogP contribution in [0.25, 0.3) is 10.1 Å². The highest BCUT2D eigenvalue weighted by atomic mass is 32.1. The molecule has 4 aromatic rings. The van der Waals surface area contributed by atoms with E-state index in [9.17, 15) is 18.7 Å². The average Bonchev–Trinajstić information content (AvgIpc) is 3.46. The van der Waals surface area contributed by atoms with Crippen molar-refractivity contribution in [3.63, 3.8) is 0 Å². The molecule has 1 aliphatic heterocycles. The Bertz CT molecular complexity index is 1420. The highest BCUT2D eigenvalue weighted by Crippen LogP contribution is 2.43. The number of phenolic OH excluding ortho intramolecular Hbond substituents is 1. The van der Waals surface area contributed by atoms with Gasteiger partial charge in [0.2, 0.25) is 5.78 Å². The molecule has 1 aromatic heterocycles. The number of hydrogen-bond donors (Lipinski definition) is 1. The van der Waals surface area contributed by atoms with E-state index in [1.165, 1.54) is 18.6 Å². The summed E-state index contributed by atoms with van der Waals surface area (Å²) in [7, 11) is 0. The lowest BCUT2D eigenvalue weighted by Gasteiger charge is -2.15. The maximum absolute atomic E-state index is 14.4. The van der Waals surface area contributed by atoms with Crippen LogP contribution in [-0.4, -0.2) is 42.0 Å². The minimum atomic E-state index is -0.821. The van der Waals surface area contributed by atoms with E-state index >= 15 is 0 Å². The smallest absolute Gasteiger partial charge is 0.209 e. The molecule has 0 aliphatic carbocycles. The van der Waals surface area contributed by atoms with Crippen molar-refractivity contribution >= 4 is 27.2 Å². The predicted octanol–water partition coefficient (Wildman–Crippen LogP) is 7.02. The molecule has 192 valence electrons. The minimum absolute atomic E-state index is 0.0250. The standard InChI is InChI=1S/C29H27F2NO4S/c1-18-11-13-32(17-18)12-2-14-35-21-5-7-22(8-6-21)36-28-23-9-4-20(33)16-26(23)37-29(28)27(34)24-15-19(30)3-10-25(24)31/h3-10,15-16,18,33H,2,11-14,17H2,1H3/t18-/m1/s1. The van der Waals surface area contributed by atoms with Crippen LogP contribution in [0.1, 0.15) is 35.0 Å². The van der Waals surface area contributed by atoms with E-state index in [1.807, 2.05) is 0 Å². The van der Waals surface area contributed by atoms with Gasteiger partial charge in [0.25, 0.3) is 0 Å². The highest BCUT2D eigenvalue weighted by Gasteiger charge is 2.25. The van der Waals surface area contributed by atoms with E-state index < -0.39 is 17.4 Å². The van der Waals surface area contributed by atoms with E-state index in [0.717, 1.165) is 61.5 Å². The summed E-state index contributed by atoms with van der Waals surface area (Å²) in [5.74, 6) is -0.0438. The molecule has 0 unspecified atom stereocenters. The summed E-state index contributed by atoms with van der Waals surface area (Å²) in [4.78, 5) is 15.8. The van der Waals surface area contributed by atoms with E-state index in [1.54, 1.807) is 30.3 Å². The van der Waals surface area contributed by atoms with Crippen LogP contribution < -0.4 is 9.47 Å². The molecule has 0 radical (unpaired) electrons. The summed E-state index contributed by atoms with van der Waals surface area (Å²) in [5.41, 5.74) is -0.382. The zero-order valence-corrected chi connectivity index (χ0v) is 21.2. The molecule has 3 aromatic carbocycles. The Kier molecular flexibility index (Phi) is 7.39. The van der Waals surface area contributed by atoms with Gasteiger partial charge in [0.15, 0.2) is 5.75 Å². The number of carbonyl (C=O) groups excluding carboxylic acids is 1. The number of phenols is 1. The second-order valence-electron chi connectivity index (χ2n) is 9.36. The number of benzene rings is 3. The zero-order chi connectivity index (χ0) is 25.9. The van der Waals surface area contributed by atoms with Crippen molar-refractivity contribution in [1.82, 2.24) is 4.90 Å². The average molecular weight is 524 g/mol. The SMILES string of the molecule is C[C@@H]1CCN(CCCOc2ccc(Oc3c(C(=O)c4cc(F)ccc4F)sc4cc(O)ccc34)cc2)C1. The van der Waals surface area contributed by atoms with Crippen LogP contribution in [0.15, 0.2) is 60.7 Å². The van der Waals surface area contributed by atoms with Crippen molar-refractivity contribution in [3.05, 3.63) is 82.7 Å². The fourth-order valence-corrected chi connectivity index (χ4v) is 5.65. The Morgan fingerprint density at radius 1 is 1.08 bits per heavy atom. The van der Waals surface area contributed by atoms with Gasteiger partial charge in [0.05, 0.1) is 12.2 Å². The maximum atomic E-state index is 14.4. The molecule has 0 spiro atoms. The van der Waals surface area contributed by atoms with Crippen LogP contribution in [0.3, 0.4) is 0 Å². The molecule has 1 fully saturated rings. The first kappa shape index (κ1) is 25.2.